The number of nitrogens with zero attached hydrogens (tertiary/aromatic N) is 1. The average molecular weight is 351 g/mol. The summed E-state index contributed by atoms with van der Waals surface area (Å²) in [5.74, 6) is 1.00. The number of hydrogen-bond acceptors (Lipinski definition) is 4. The summed E-state index contributed by atoms with van der Waals surface area (Å²) >= 11 is 0. The van der Waals surface area contributed by atoms with Crippen LogP contribution in [-0.2, 0) is 0 Å². The van der Waals surface area contributed by atoms with Crippen LogP contribution >= 0.6 is 0 Å². The maximum absolute atomic E-state index is 12.6. The summed E-state index contributed by atoms with van der Waals surface area (Å²) in [5, 5.41) is 9.94. The summed E-state index contributed by atoms with van der Waals surface area (Å²) in [7, 11) is 3.03. The molecule has 6 nitrogen and oxygen atoms in total. The van der Waals surface area contributed by atoms with Gasteiger partial charge in [-0.1, -0.05) is 23.3 Å². The molecule has 0 fully saturated rings. The summed E-state index contributed by atoms with van der Waals surface area (Å²) in [6, 6.07) is 13.2. The van der Waals surface area contributed by atoms with Gasteiger partial charge in [-0.3, -0.25) is 9.89 Å². The fourth-order valence-electron chi connectivity index (χ4n) is 2.91. The van der Waals surface area contributed by atoms with Gasteiger partial charge in [-0.05, 0) is 38.1 Å². The summed E-state index contributed by atoms with van der Waals surface area (Å²) in [6.07, 6.45) is 0. The fraction of sp³-hybridized carbons (Fsp3) is 0.200. The molecular weight excluding hydrogens is 330 g/mol. The topological polar surface area (TPSA) is 76.2 Å². The van der Waals surface area contributed by atoms with Crippen LogP contribution in [0.4, 0.5) is 5.82 Å². The maximum Gasteiger partial charge on any atom is 0.260 e. The summed E-state index contributed by atoms with van der Waals surface area (Å²) < 4.78 is 10.5. The SMILES string of the molecule is COc1cccc(C(=O)Nc2cc(-c3cc(C)cc(C)c3)[nH]n2)c1OC. The van der Waals surface area contributed by atoms with Gasteiger partial charge in [0.1, 0.15) is 0 Å². The molecule has 0 spiro atoms. The van der Waals surface area contributed by atoms with Crippen molar-refractivity contribution in [1.29, 1.82) is 0 Å². The number of nitrogens with one attached hydrogen (secondary N) is 2. The molecule has 0 radical (unpaired) electrons. The predicted molar refractivity (Wildman–Crippen MR) is 101 cm³/mol. The van der Waals surface area contributed by atoms with Gasteiger partial charge < -0.3 is 14.8 Å². The Kier molecular flexibility index (Phi) is 4.93. The van der Waals surface area contributed by atoms with Crippen molar-refractivity contribution in [3.8, 4) is 22.8 Å². The Bertz CT molecular complexity index is 927. The zero-order valence-corrected chi connectivity index (χ0v) is 15.2. The van der Waals surface area contributed by atoms with E-state index in [-0.39, 0.29) is 5.91 Å². The van der Waals surface area contributed by atoms with E-state index in [1.165, 1.54) is 25.3 Å². The summed E-state index contributed by atoms with van der Waals surface area (Å²) in [5.41, 5.74) is 4.57. The Morgan fingerprint density at radius 1 is 1.04 bits per heavy atom. The van der Waals surface area contributed by atoms with E-state index in [0.29, 0.717) is 22.9 Å². The Labute approximate surface area is 152 Å². The molecule has 1 aromatic heterocycles. The van der Waals surface area contributed by atoms with E-state index in [0.717, 1.165) is 11.3 Å². The van der Waals surface area contributed by atoms with E-state index in [9.17, 15) is 4.79 Å². The molecule has 134 valence electrons. The normalized spacial score (nSPS) is 10.5. The maximum atomic E-state index is 12.6. The minimum atomic E-state index is -0.320. The van der Waals surface area contributed by atoms with Crippen molar-refractivity contribution in [2.75, 3.05) is 19.5 Å². The van der Waals surface area contributed by atoms with Crippen molar-refractivity contribution in [2.45, 2.75) is 13.8 Å². The lowest BCUT2D eigenvalue weighted by molar-refractivity contribution is 0.102. The number of carbonyl (C=O) groups excluding carboxylic acids is 1. The number of methoxy groups -OCH3 is 2. The highest BCUT2D eigenvalue weighted by Crippen LogP contribution is 2.31. The van der Waals surface area contributed by atoms with Gasteiger partial charge in [-0.15, -0.1) is 0 Å². The van der Waals surface area contributed by atoms with Crippen molar-refractivity contribution in [3.63, 3.8) is 0 Å². The van der Waals surface area contributed by atoms with E-state index in [2.05, 4.69) is 33.7 Å². The Balaban J connectivity index is 1.84. The third kappa shape index (κ3) is 3.54. The summed E-state index contributed by atoms with van der Waals surface area (Å²) in [6.45, 7) is 4.09. The minimum absolute atomic E-state index is 0.320. The third-order valence-corrected chi connectivity index (χ3v) is 4.00. The average Bonchev–Trinajstić information content (AvgIpc) is 3.08. The molecule has 3 rings (SSSR count). The van der Waals surface area contributed by atoms with Gasteiger partial charge in [-0.2, -0.15) is 5.10 Å². The van der Waals surface area contributed by atoms with Crippen molar-refractivity contribution in [1.82, 2.24) is 10.2 Å². The molecule has 1 amide bonds. The van der Waals surface area contributed by atoms with Crippen LogP contribution in [0.15, 0.2) is 42.5 Å². The quantitative estimate of drug-likeness (QED) is 0.729. The van der Waals surface area contributed by atoms with Crippen LogP contribution in [0.1, 0.15) is 21.5 Å². The van der Waals surface area contributed by atoms with Crippen LogP contribution < -0.4 is 14.8 Å². The molecule has 0 bridgehead atoms. The van der Waals surface area contributed by atoms with Crippen molar-refractivity contribution >= 4 is 11.7 Å². The van der Waals surface area contributed by atoms with Crippen LogP contribution in [0.5, 0.6) is 11.5 Å². The molecule has 0 atom stereocenters. The minimum Gasteiger partial charge on any atom is -0.493 e. The van der Waals surface area contributed by atoms with Gasteiger partial charge in [0.2, 0.25) is 0 Å². The summed E-state index contributed by atoms with van der Waals surface area (Å²) in [4.78, 5) is 12.6. The second-order valence-corrected chi connectivity index (χ2v) is 6.04. The molecule has 0 aliphatic rings. The second-order valence-electron chi connectivity index (χ2n) is 6.04. The Hall–Kier alpha value is -3.28. The molecule has 0 aliphatic carbocycles. The van der Waals surface area contributed by atoms with Gasteiger partial charge in [0.05, 0.1) is 25.5 Å². The van der Waals surface area contributed by atoms with Gasteiger partial charge >= 0.3 is 0 Å². The molecule has 0 saturated heterocycles. The van der Waals surface area contributed by atoms with Crippen LogP contribution in [0.25, 0.3) is 11.3 Å². The first kappa shape index (κ1) is 17.5. The van der Waals surface area contributed by atoms with Crippen LogP contribution in [0.3, 0.4) is 0 Å². The van der Waals surface area contributed by atoms with Gasteiger partial charge in [0.15, 0.2) is 17.3 Å². The number of amides is 1. The van der Waals surface area contributed by atoms with E-state index in [4.69, 9.17) is 9.47 Å². The molecular formula is C20H21N3O3. The van der Waals surface area contributed by atoms with E-state index < -0.39 is 0 Å². The number of benzene rings is 2. The lowest BCUT2D eigenvalue weighted by Crippen LogP contribution is -2.13. The number of anilines is 1. The monoisotopic (exact) mass is 351 g/mol. The zero-order chi connectivity index (χ0) is 18.7. The molecule has 0 unspecified atom stereocenters. The number of aromatic nitrogens is 2. The van der Waals surface area contributed by atoms with Gasteiger partial charge in [0.25, 0.3) is 5.91 Å². The molecule has 6 heteroatoms. The van der Waals surface area contributed by atoms with Crippen LogP contribution in [0, 0.1) is 13.8 Å². The van der Waals surface area contributed by atoms with E-state index in [1.807, 2.05) is 13.8 Å². The zero-order valence-electron chi connectivity index (χ0n) is 15.2. The van der Waals surface area contributed by atoms with Gasteiger partial charge in [-0.25, -0.2) is 0 Å². The Morgan fingerprint density at radius 2 is 1.77 bits per heavy atom. The van der Waals surface area contributed by atoms with Crippen LogP contribution in [0.2, 0.25) is 0 Å². The number of rotatable bonds is 5. The lowest BCUT2D eigenvalue weighted by atomic mass is 10.1. The highest BCUT2D eigenvalue weighted by atomic mass is 16.5. The first-order valence-electron chi connectivity index (χ1n) is 8.18. The third-order valence-electron chi connectivity index (χ3n) is 4.00. The van der Waals surface area contributed by atoms with Crippen molar-refractivity contribution in [3.05, 3.63) is 59.2 Å². The Morgan fingerprint density at radius 3 is 2.42 bits per heavy atom. The number of hydrogen-bond donors (Lipinski definition) is 2. The highest BCUT2D eigenvalue weighted by molar-refractivity contribution is 6.06. The number of carbonyl (C=O) groups is 1. The number of H-pyrrole nitrogens is 1. The molecule has 0 saturated carbocycles. The number of aromatic amines is 1. The lowest BCUT2D eigenvalue weighted by Gasteiger charge is -2.11. The molecule has 0 aliphatic heterocycles. The van der Waals surface area contributed by atoms with E-state index in [1.54, 1.807) is 24.3 Å². The number of aryl methyl sites for hydroxylation is 2. The van der Waals surface area contributed by atoms with Crippen molar-refractivity contribution < 1.29 is 14.3 Å². The molecule has 2 N–H and O–H groups in total. The molecule has 1 heterocycles. The highest BCUT2D eigenvalue weighted by Gasteiger charge is 2.17. The van der Waals surface area contributed by atoms with Gasteiger partial charge in [0, 0.05) is 11.6 Å². The molecule has 26 heavy (non-hydrogen) atoms. The smallest absolute Gasteiger partial charge is 0.260 e. The van der Waals surface area contributed by atoms with Crippen molar-refractivity contribution in [2.24, 2.45) is 0 Å². The first-order chi connectivity index (χ1) is 12.5. The number of para-hydroxylation sites is 1. The first-order valence-corrected chi connectivity index (χ1v) is 8.18. The van der Waals surface area contributed by atoms with E-state index >= 15 is 0 Å². The fourth-order valence-corrected chi connectivity index (χ4v) is 2.91. The molecule has 2 aromatic carbocycles. The number of ether oxygens (including phenoxy) is 2. The predicted octanol–water partition coefficient (Wildman–Crippen LogP) is 3.96. The molecule has 3 aromatic rings. The standard InChI is InChI=1S/C20H21N3O3/c1-12-8-13(2)10-14(9-12)16-11-18(23-22-16)21-20(24)15-6-5-7-17(25-3)19(15)26-4/h5-11H,1-4H3,(H2,21,22,23,24). The largest absolute Gasteiger partial charge is 0.493 e. The second kappa shape index (κ2) is 7.31. The van der Waals surface area contributed by atoms with Crippen LogP contribution in [-0.4, -0.2) is 30.3 Å².